The quantitative estimate of drug-likeness (QED) is 0.861. The van der Waals surface area contributed by atoms with Gasteiger partial charge in [0.1, 0.15) is 5.82 Å². The maximum Gasteiger partial charge on any atom is 0.251 e. The Bertz CT molecular complexity index is 531. The lowest BCUT2D eigenvalue weighted by Gasteiger charge is -2.01. The Morgan fingerprint density at radius 2 is 1.93 bits per heavy atom. The minimum Gasteiger partial charge on any atom is -0.307 e. The molecule has 0 aliphatic rings. The van der Waals surface area contributed by atoms with Gasteiger partial charge in [-0.1, -0.05) is 28.1 Å². The van der Waals surface area contributed by atoms with Crippen LogP contribution in [-0.2, 0) is 0 Å². The summed E-state index contributed by atoms with van der Waals surface area (Å²) in [6, 6.07) is 9.11. The van der Waals surface area contributed by atoms with Crippen LogP contribution in [0.1, 0.15) is 5.69 Å². The van der Waals surface area contributed by atoms with Crippen LogP contribution in [0.5, 0.6) is 0 Å². The van der Waals surface area contributed by atoms with Gasteiger partial charge in [-0.25, -0.2) is 4.98 Å². The molecule has 1 aromatic heterocycles. The van der Waals surface area contributed by atoms with Crippen LogP contribution in [0, 0.1) is 6.92 Å². The maximum atomic E-state index is 11.2. The Hall–Kier alpha value is -1.42. The van der Waals surface area contributed by atoms with E-state index in [1.807, 2.05) is 24.3 Å². The fraction of sp³-hybridized carbons (Fsp3) is 0.0909. The molecule has 0 saturated heterocycles. The van der Waals surface area contributed by atoms with Gasteiger partial charge < -0.3 is 4.98 Å². The van der Waals surface area contributed by atoms with Crippen molar-refractivity contribution in [2.45, 2.75) is 6.92 Å². The number of H-pyrrole nitrogens is 1. The fourth-order valence-corrected chi connectivity index (χ4v) is 1.59. The second-order valence-corrected chi connectivity index (χ2v) is 4.16. The number of hydrogen-bond acceptors (Lipinski definition) is 2. The van der Waals surface area contributed by atoms with Crippen molar-refractivity contribution in [1.82, 2.24) is 9.97 Å². The van der Waals surface area contributed by atoms with Gasteiger partial charge in [0.05, 0.1) is 0 Å². The topological polar surface area (TPSA) is 45.8 Å². The molecule has 0 aliphatic carbocycles. The van der Waals surface area contributed by atoms with Crippen molar-refractivity contribution in [3.05, 3.63) is 50.9 Å². The highest BCUT2D eigenvalue weighted by atomic mass is 79.9. The van der Waals surface area contributed by atoms with Gasteiger partial charge in [0.2, 0.25) is 0 Å². The van der Waals surface area contributed by atoms with E-state index in [9.17, 15) is 4.79 Å². The van der Waals surface area contributed by atoms with Crippen LogP contribution in [0.15, 0.2) is 39.6 Å². The van der Waals surface area contributed by atoms with E-state index in [1.165, 1.54) is 6.07 Å². The number of rotatable bonds is 1. The number of halogens is 1. The normalized spacial score (nSPS) is 10.3. The van der Waals surface area contributed by atoms with Crippen molar-refractivity contribution in [3.63, 3.8) is 0 Å². The average molecular weight is 265 g/mol. The molecule has 1 N–H and O–H groups in total. The van der Waals surface area contributed by atoms with Crippen LogP contribution in [0.3, 0.4) is 0 Å². The summed E-state index contributed by atoms with van der Waals surface area (Å²) in [5.74, 6) is 0.604. The zero-order chi connectivity index (χ0) is 10.8. The molecule has 0 bridgehead atoms. The van der Waals surface area contributed by atoms with Gasteiger partial charge in [-0.2, -0.15) is 0 Å². The Labute approximate surface area is 95.3 Å². The Kier molecular flexibility index (Phi) is 2.68. The molecule has 0 saturated carbocycles. The standard InChI is InChI=1S/C11H9BrN2O/c1-7-6-10(15)14-11(13-7)8-2-4-9(12)5-3-8/h2-6H,1H3,(H,13,14,15). The molecule has 4 heteroatoms. The van der Waals surface area contributed by atoms with Gasteiger partial charge in [-0.15, -0.1) is 0 Å². The third kappa shape index (κ3) is 2.33. The molecule has 76 valence electrons. The second kappa shape index (κ2) is 3.98. The Morgan fingerprint density at radius 3 is 2.53 bits per heavy atom. The van der Waals surface area contributed by atoms with Crippen LogP contribution in [0.25, 0.3) is 11.4 Å². The number of aryl methyl sites for hydroxylation is 1. The highest BCUT2D eigenvalue weighted by Gasteiger charge is 2.01. The number of hydrogen-bond donors (Lipinski definition) is 1. The van der Waals surface area contributed by atoms with E-state index >= 15 is 0 Å². The summed E-state index contributed by atoms with van der Waals surface area (Å²) < 4.78 is 1.00. The lowest BCUT2D eigenvalue weighted by atomic mass is 10.2. The first-order valence-corrected chi connectivity index (χ1v) is 5.28. The molecule has 0 atom stereocenters. The predicted octanol–water partition coefficient (Wildman–Crippen LogP) is 2.51. The zero-order valence-corrected chi connectivity index (χ0v) is 9.71. The predicted molar refractivity (Wildman–Crippen MR) is 62.7 cm³/mol. The van der Waals surface area contributed by atoms with Crippen molar-refractivity contribution in [1.29, 1.82) is 0 Å². The van der Waals surface area contributed by atoms with Crippen LogP contribution < -0.4 is 5.56 Å². The average Bonchev–Trinajstić information content (AvgIpc) is 2.17. The zero-order valence-electron chi connectivity index (χ0n) is 8.12. The van der Waals surface area contributed by atoms with Crippen LogP contribution in [0.2, 0.25) is 0 Å². The van der Waals surface area contributed by atoms with Gasteiger partial charge in [0.15, 0.2) is 0 Å². The Morgan fingerprint density at radius 1 is 1.27 bits per heavy atom. The van der Waals surface area contributed by atoms with Crippen molar-refractivity contribution in [2.75, 3.05) is 0 Å². The van der Waals surface area contributed by atoms with E-state index in [2.05, 4.69) is 25.9 Å². The SMILES string of the molecule is Cc1cc(=O)[nH]c(-c2ccc(Br)cc2)n1. The molecule has 2 rings (SSSR count). The van der Waals surface area contributed by atoms with E-state index in [4.69, 9.17) is 0 Å². The van der Waals surface area contributed by atoms with E-state index in [1.54, 1.807) is 6.92 Å². The molecular weight excluding hydrogens is 256 g/mol. The number of nitrogens with zero attached hydrogens (tertiary/aromatic N) is 1. The minimum absolute atomic E-state index is 0.125. The molecule has 3 nitrogen and oxygen atoms in total. The summed E-state index contributed by atoms with van der Waals surface area (Å²) in [5.41, 5.74) is 1.50. The minimum atomic E-state index is -0.125. The van der Waals surface area contributed by atoms with Crippen molar-refractivity contribution < 1.29 is 0 Å². The van der Waals surface area contributed by atoms with Gasteiger partial charge >= 0.3 is 0 Å². The molecule has 0 amide bonds. The first kappa shape index (κ1) is 10.1. The summed E-state index contributed by atoms with van der Waals surface area (Å²) in [7, 11) is 0. The number of benzene rings is 1. The summed E-state index contributed by atoms with van der Waals surface area (Å²) in [5, 5.41) is 0. The van der Waals surface area contributed by atoms with E-state index < -0.39 is 0 Å². The highest BCUT2D eigenvalue weighted by molar-refractivity contribution is 9.10. The molecule has 0 spiro atoms. The first-order valence-electron chi connectivity index (χ1n) is 4.49. The number of aromatic amines is 1. The van der Waals surface area contributed by atoms with Crippen LogP contribution in [-0.4, -0.2) is 9.97 Å². The first-order chi connectivity index (χ1) is 7.15. The molecule has 15 heavy (non-hydrogen) atoms. The lowest BCUT2D eigenvalue weighted by molar-refractivity contribution is 1.07. The number of nitrogens with one attached hydrogen (secondary N) is 1. The number of aromatic nitrogens is 2. The van der Waals surface area contributed by atoms with E-state index in [0.717, 1.165) is 15.7 Å². The Balaban J connectivity index is 2.54. The summed E-state index contributed by atoms with van der Waals surface area (Å²) in [6.07, 6.45) is 0. The second-order valence-electron chi connectivity index (χ2n) is 3.24. The molecule has 1 heterocycles. The van der Waals surface area contributed by atoms with Gasteiger partial charge in [0.25, 0.3) is 5.56 Å². The van der Waals surface area contributed by atoms with Crippen LogP contribution in [0.4, 0.5) is 0 Å². The van der Waals surface area contributed by atoms with Crippen molar-refractivity contribution in [2.24, 2.45) is 0 Å². The maximum absolute atomic E-state index is 11.2. The molecule has 0 radical (unpaired) electrons. The van der Waals surface area contributed by atoms with Gasteiger partial charge in [-0.3, -0.25) is 4.79 Å². The summed E-state index contributed by atoms with van der Waals surface area (Å²) >= 11 is 3.35. The lowest BCUT2D eigenvalue weighted by Crippen LogP contribution is -2.08. The van der Waals surface area contributed by atoms with E-state index in [0.29, 0.717) is 5.82 Å². The molecule has 0 unspecified atom stereocenters. The van der Waals surface area contributed by atoms with Gasteiger partial charge in [0, 0.05) is 21.8 Å². The monoisotopic (exact) mass is 264 g/mol. The molecule has 2 aromatic rings. The molecule has 0 aliphatic heterocycles. The molecular formula is C11H9BrN2O. The smallest absolute Gasteiger partial charge is 0.251 e. The summed E-state index contributed by atoms with van der Waals surface area (Å²) in [6.45, 7) is 1.80. The third-order valence-electron chi connectivity index (χ3n) is 1.99. The highest BCUT2D eigenvalue weighted by Crippen LogP contribution is 2.17. The van der Waals surface area contributed by atoms with Crippen LogP contribution >= 0.6 is 15.9 Å². The van der Waals surface area contributed by atoms with Crippen molar-refractivity contribution >= 4 is 15.9 Å². The molecule has 0 fully saturated rings. The largest absolute Gasteiger partial charge is 0.307 e. The molecule has 1 aromatic carbocycles. The van der Waals surface area contributed by atoms with Crippen molar-refractivity contribution in [3.8, 4) is 11.4 Å². The fourth-order valence-electron chi connectivity index (χ4n) is 1.32. The van der Waals surface area contributed by atoms with E-state index in [-0.39, 0.29) is 5.56 Å². The summed E-state index contributed by atoms with van der Waals surface area (Å²) in [4.78, 5) is 18.2. The van der Waals surface area contributed by atoms with Gasteiger partial charge in [-0.05, 0) is 19.1 Å². The third-order valence-corrected chi connectivity index (χ3v) is 2.52.